The summed E-state index contributed by atoms with van der Waals surface area (Å²) >= 11 is 0. The Bertz CT molecular complexity index is 284. The van der Waals surface area contributed by atoms with E-state index in [1.54, 1.807) is 0 Å². The second-order valence-corrected chi connectivity index (χ2v) is 1.94. The Kier molecular flexibility index (Phi) is 2.15. The number of hydrazone groups is 1. The zero-order chi connectivity index (χ0) is 8.27. The lowest BCUT2D eigenvalue weighted by Crippen LogP contribution is -1.91. The maximum atomic E-state index is 12.7. The minimum atomic E-state index is -0.667. The van der Waals surface area contributed by atoms with E-state index in [9.17, 15) is 8.78 Å². The van der Waals surface area contributed by atoms with Crippen molar-refractivity contribution in [1.82, 2.24) is 0 Å². The molecule has 2 nitrogen and oxygen atoms in total. The molecule has 0 aliphatic carbocycles. The maximum absolute atomic E-state index is 12.7. The van der Waals surface area contributed by atoms with Gasteiger partial charge in [0.25, 0.3) is 0 Å². The van der Waals surface area contributed by atoms with Crippen LogP contribution >= 0.6 is 0 Å². The van der Waals surface area contributed by atoms with Gasteiger partial charge in [0.15, 0.2) is 0 Å². The number of halogens is 2. The molecule has 0 atom stereocenters. The number of rotatable bonds is 1. The van der Waals surface area contributed by atoms with Crippen LogP contribution < -0.4 is 5.84 Å². The second-order valence-electron chi connectivity index (χ2n) is 1.94. The molecule has 1 aromatic rings. The normalized spacial score (nSPS) is 10.7. The number of hydrogen-bond donors (Lipinski definition) is 1. The van der Waals surface area contributed by atoms with Gasteiger partial charge in [-0.1, -0.05) is 0 Å². The first-order chi connectivity index (χ1) is 5.24. The summed E-state index contributed by atoms with van der Waals surface area (Å²) in [5.74, 6) is 3.49. The van der Waals surface area contributed by atoms with Crippen LogP contribution in [-0.2, 0) is 0 Å². The number of nitrogens with two attached hydrogens (primary N) is 1. The highest BCUT2D eigenvalue weighted by Crippen LogP contribution is 2.06. The van der Waals surface area contributed by atoms with Crippen LogP contribution in [0.5, 0.6) is 0 Å². The van der Waals surface area contributed by atoms with Gasteiger partial charge in [-0.15, -0.1) is 0 Å². The highest BCUT2D eigenvalue weighted by atomic mass is 19.1. The first kappa shape index (κ1) is 7.65. The average molecular weight is 156 g/mol. The van der Waals surface area contributed by atoms with Gasteiger partial charge in [-0.25, -0.2) is 8.78 Å². The Morgan fingerprint density at radius 2 is 2.09 bits per heavy atom. The molecule has 0 saturated heterocycles. The highest BCUT2D eigenvalue weighted by molar-refractivity contribution is 5.79. The predicted octanol–water partition coefficient (Wildman–Crippen LogP) is 1.26. The molecule has 0 bridgehead atoms. The number of hydrogen-bond acceptors (Lipinski definition) is 2. The van der Waals surface area contributed by atoms with Gasteiger partial charge in [0.1, 0.15) is 11.6 Å². The van der Waals surface area contributed by atoms with Gasteiger partial charge in [0.2, 0.25) is 0 Å². The van der Waals surface area contributed by atoms with Crippen LogP contribution in [0.25, 0.3) is 0 Å². The summed E-state index contributed by atoms with van der Waals surface area (Å²) in [6.07, 6.45) is 1.12. The van der Waals surface area contributed by atoms with E-state index in [1.165, 1.54) is 6.07 Å². The van der Waals surface area contributed by atoms with E-state index >= 15 is 0 Å². The zero-order valence-electron chi connectivity index (χ0n) is 5.59. The lowest BCUT2D eigenvalue weighted by molar-refractivity contribution is 0.582. The van der Waals surface area contributed by atoms with Gasteiger partial charge in [-0.05, 0) is 12.1 Å². The van der Waals surface area contributed by atoms with Crippen LogP contribution in [0.15, 0.2) is 23.3 Å². The molecule has 1 rings (SSSR count). The highest BCUT2D eigenvalue weighted by Gasteiger charge is 1.99. The molecule has 0 aliphatic heterocycles. The summed E-state index contributed by atoms with van der Waals surface area (Å²) in [6, 6.07) is 3.18. The van der Waals surface area contributed by atoms with E-state index in [0.717, 1.165) is 18.3 Å². The molecular weight excluding hydrogens is 150 g/mol. The van der Waals surface area contributed by atoms with Crippen molar-refractivity contribution < 1.29 is 8.78 Å². The molecule has 0 spiro atoms. The SMILES string of the molecule is N/N=C/c1ccc(F)cc1F. The Hall–Kier alpha value is -1.45. The third-order valence-electron chi connectivity index (χ3n) is 1.18. The van der Waals surface area contributed by atoms with Crippen molar-refractivity contribution in [2.45, 2.75) is 0 Å². The third kappa shape index (κ3) is 1.73. The van der Waals surface area contributed by atoms with Gasteiger partial charge in [-0.2, -0.15) is 5.10 Å². The Morgan fingerprint density at radius 3 is 2.64 bits per heavy atom. The average Bonchev–Trinajstić information content (AvgIpc) is 1.95. The van der Waals surface area contributed by atoms with Crippen molar-refractivity contribution in [2.75, 3.05) is 0 Å². The molecular formula is C7H6F2N2. The fraction of sp³-hybridized carbons (Fsp3) is 0. The van der Waals surface area contributed by atoms with E-state index in [2.05, 4.69) is 5.10 Å². The molecule has 58 valence electrons. The number of benzene rings is 1. The van der Waals surface area contributed by atoms with Gasteiger partial charge >= 0.3 is 0 Å². The summed E-state index contributed by atoms with van der Waals surface area (Å²) in [5, 5.41) is 3.11. The fourth-order valence-corrected chi connectivity index (χ4v) is 0.687. The molecule has 2 N–H and O–H groups in total. The molecule has 0 fully saturated rings. The van der Waals surface area contributed by atoms with Crippen LogP contribution in [0.2, 0.25) is 0 Å². The molecule has 0 radical (unpaired) electrons. The van der Waals surface area contributed by atoms with Crippen LogP contribution in [0.3, 0.4) is 0 Å². The summed E-state index contributed by atoms with van der Waals surface area (Å²) in [6.45, 7) is 0. The lowest BCUT2D eigenvalue weighted by Gasteiger charge is -1.93. The van der Waals surface area contributed by atoms with E-state index in [4.69, 9.17) is 5.84 Å². The summed E-state index contributed by atoms with van der Waals surface area (Å²) < 4.78 is 24.9. The van der Waals surface area contributed by atoms with Crippen molar-refractivity contribution in [3.05, 3.63) is 35.4 Å². The van der Waals surface area contributed by atoms with Gasteiger partial charge in [-0.3, -0.25) is 0 Å². The second kappa shape index (κ2) is 3.09. The van der Waals surface area contributed by atoms with Crippen LogP contribution in [0.4, 0.5) is 8.78 Å². The Morgan fingerprint density at radius 1 is 1.36 bits per heavy atom. The summed E-state index contributed by atoms with van der Waals surface area (Å²) in [7, 11) is 0. The zero-order valence-corrected chi connectivity index (χ0v) is 5.59. The molecule has 0 aromatic heterocycles. The van der Waals surface area contributed by atoms with Crippen molar-refractivity contribution in [1.29, 1.82) is 0 Å². The Labute approximate surface area is 62.3 Å². The van der Waals surface area contributed by atoms with Crippen LogP contribution in [-0.4, -0.2) is 6.21 Å². The summed E-state index contributed by atoms with van der Waals surface area (Å²) in [5.41, 5.74) is 0.175. The molecule has 0 amide bonds. The maximum Gasteiger partial charge on any atom is 0.134 e. The third-order valence-corrected chi connectivity index (χ3v) is 1.18. The molecule has 0 heterocycles. The largest absolute Gasteiger partial charge is 0.323 e. The minimum Gasteiger partial charge on any atom is -0.323 e. The molecule has 11 heavy (non-hydrogen) atoms. The van der Waals surface area contributed by atoms with Crippen molar-refractivity contribution in [3.63, 3.8) is 0 Å². The topological polar surface area (TPSA) is 38.4 Å². The van der Waals surface area contributed by atoms with Crippen LogP contribution in [0.1, 0.15) is 5.56 Å². The summed E-state index contributed by atoms with van der Waals surface area (Å²) in [4.78, 5) is 0. The van der Waals surface area contributed by atoms with Gasteiger partial charge in [0, 0.05) is 11.6 Å². The van der Waals surface area contributed by atoms with E-state index in [-0.39, 0.29) is 5.56 Å². The quantitative estimate of drug-likeness (QED) is 0.371. The Balaban J connectivity index is 3.09. The molecule has 0 saturated carbocycles. The van der Waals surface area contributed by atoms with E-state index in [1.807, 2.05) is 0 Å². The standard InChI is InChI=1S/C7H6F2N2/c8-6-2-1-5(4-11-10)7(9)3-6/h1-4H,10H2/b11-4+. The van der Waals surface area contributed by atoms with Gasteiger partial charge in [0.05, 0.1) is 6.21 Å². The van der Waals surface area contributed by atoms with E-state index < -0.39 is 11.6 Å². The molecule has 4 heteroatoms. The molecule has 1 aromatic carbocycles. The number of nitrogens with zero attached hydrogens (tertiary/aromatic N) is 1. The smallest absolute Gasteiger partial charge is 0.134 e. The minimum absolute atomic E-state index is 0.175. The first-order valence-electron chi connectivity index (χ1n) is 2.92. The predicted molar refractivity (Wildman–Crippen MR) is 38.1 cm³/mol. The molecule has 0 aliphatic rings. The fourth-order valence-electron chi connectivity index (χ4n) is 0.687. The van der Waals surface area contributed by atoms with Crippen molar-refractivity contribution in [2.24, 2.45) is 10.9 Å². The monoisotopic (exact) mass is 156 g/mol. The first-order valence-corrected chi connectivity index (χ1v) is 2.92. The molecule has 0 unspecified atom stereocenters. The van der Waals surface area contributed by atoms with Gasteiger partial charge < -0.3 is 5.84 Å². The van der Waals surface area contributed by atoms with Crippen molar-refractivity contribution in [3.8, 4) is 0 Å². The lowest BCUT2D eigenvalue weighted by atomic mass is 10.2. The van der Waals surface area contributed by atoms with E-state index in [0.29, 0.717) is 0 Å². The van der Waals surface area contributed by atoms with Crippen molar-refractivity contribution >= 4 is 6.21 Å². The van der Waals surface area contributed by atoms with Crippen LogP contribution in [0, 0.1) is 11.6 Å².